The van der Waals surface area contributed by atoms with Crippen LogP contribution in [0.2, 0.25) is 0 Å². The van der Waals surface area contributed by atoms with E-state index in [0.717, 1.165) is 5.56 Å². The first-order valence-corrected chi connectivity index (χ1v) is 9.52. The average Bonchev–Trinajstić information content (AvgIpc) is 3.20. The minimum atomic E-state index is -1.03. The third kappa shape index (κ3) is 6.44. The number of anilines is 1. The zero-order chi connectivity index (χ0) is 19.7. The summed E-state index contributed by atoms with van der Waals surface area (Å²) in [5, 5.41) is 23.3. The van der Waals surface area contributed by atoms with E-state index in [4.69, 9.17) is 6.42 Å². The van der Waals surface area contributed by atoms with Gasteiger partial charge in [0.25, 0.3) is 0 Å². The number of thiophene rings is 1. The molecule has 2 aromatic rings. The second-order valence-electron chi connectivity index (χ2n) is 6.11. The molecule has 1 atom stereocenters. The Morgan fingerprint density at radius 2 is 2.19 bits per heavy atom. The number of carbonyl (C=O) groups is 1. The normalized spacial score (nSPS) is 13.3. The van der Waals surface area contributed by atoms with E-state index in [1.807, 2.05) is 23.8 Å². The fourth-order valence-corrected chi connectivity index (χ4v) is 3.09. The molecule has 1 aromatic carbocycles. The monoisotopic (exact) mass is 384 g/mol. The quantitative estimate of drug-likeness (QED) is 0.335. The highest BCUT2D eigenvalue weighted by Crippen LogP contribution is 2.21. The van der Waals surface area contributed by atoms with Gasteiger partial charge in [-0.3, -0.25) is 4.79 Å². The molecule has 0 aliphatic heterocycles. The van der Waals surface area contributed by atoms with Crippen LogP contribution in [-0.2, 0) is 10.4 Å². The Hall–Kier alpha value is -2.82. The molecule has 0 aliphatic carbocycles. The summed E-state index contributed by atoms with van der Waals surface area (Å²) in [4.78, 5) is 16.4. The maximum Gasteiger partial charge on any atom is 0.246 e. The number of amides is 1. The van der Waals surface area contributed by atoms with Crippen LogP contribution in [0.5, 0.6) is 0 Å². The van der Waals surface area contributed by atoms with Crippen molar-refractivity contribution in [3.63, 3.8) is 0 Å². The lowest BCUT2D eigenvalue weighted by atomic mass is 9.99. The van der Waals surface area contributed by atoms with Crippen LogP contribution in [0.25, 0.3) is 0 Å². The Balaban J connectivity index is 1.94. The number of carbonyl (C=O) groups excluding carboxylic acids is 1. The van der Waals surface area contributed by atoms with Gasteiger partial charge in [0, 0.05) is 17.8 Å². The molecular formula is C20H24N4O2S. The van der Waals surface area contributed by atoms with Crippen LogP contribution in [0.4, 0.5) is 5.69 Å². The predicted octanol–water partition coefficient (Wildman–Crippen LogP) is 2.13. The van der Waals surface area contributed by atoms with Crippen LogP contribution in [0.1, 0.15) is 25.0 Å². The maximum atomic E-state index is 12.1. The van der Waals surface area contributed by atoms with Gasteiger partial charge in [-0.25, -0.2) is 4.99 Å². The van der Waals surface area contributed by atoms with E-state index in [-0.39, 0.29) is 19.0 Å². The fraction of sp³-hybridized carbons (Fsp3) is 0.300. The van der Waals surface area contributed by atoms with Crippen molar-refractivity contribution in [2.45, 2.75) is 19.4 Å². The molecule has 142 valence electrons. The zero-order valence-electron chi connectivity index (χ0n) is 15.5. The molecule has 0 saturated heterocycles. The van der Waals surface area contributed by atoms with Crippen molar-refractivity contribution in [1.82, 2.24) is 10.6 Å². The number of nitrogens with zero attached hydrogens (tertiary/aromatic N) is 1. The Labute approximate surface area is 163 Å². The van der Waals surface area contributed by atoms with Gasteiger partial charge in [-0.1, -0.05) is 12.0 Å². The molecule has 1 amide bonds. The van der Waals surface area contributed by atoms with Crippen molar-refractivity contribution in [3.8, 4) is 12.3 Å². The van der Waals surface area contributed by atoms with E-state index in [9.17, 15) is 9.90 Å². The predicted molar refractivity (Wildman–Crippen MR) is 111 cm³/mol. The Bertz CT molecular complexity index is 823. The highest BCUT2D eigenvalue weighted by atomic mass is 32.1. The summed E-state index contributed by atoms with van der Waals surface area (Å²) in [6.45, 7) is 4.51. The molecule has 0 saturated carbocycles. The van der Waals surface area contributed by atoms with Crippen molar-refractivity contribution in [1.29, 1.82) is 0 Å². The molecule has 0 fully saturated rings. The number of hydrogen-bond donors (Lipinski definition) is 4. The van der Waals surface area contributed by atoms with E-state index in [1.165, 1.54) is 11.3 Å². The van der Waals surface area contributed by atoms with Crippen molar-refractivity contribution in [2.24, 2.45) is 4.99 Å². The molecule has 1 heterocycles. The van der Waals surface area contributed by atoms with Gasteiger partial charge >= 0.3 is 0 Å². The smallest absolute Gasteiger partial charge is 0.246 e. The molecule has 1 unspecified atom stereocenters. The molecule has 4 N–H and O–H groups in total. The van der Waals surface area contributed by atoms with Gasteiger partial charge in [0.15, 0.2) is 5.96 Å². The third-order valence-corrected chi connectivity index (χ3v) is 4.46. The molecule has 1 aromatic heterocycles. The first-order valence-electron chi connectivity index (χ1n) is 8.58. The minimum Gasteiger partial charge on any atom is -0.384 e. The molecular weight excluding hydrogens is 360 g/mol. The molecule has 27 heavy (non-hydrogen) atoms. The number of aliphatic hydroxyl groups is 1. The van der Waals surface area contributed by atoms with Gasteiger partial charge in [-0.15, -0.1) is 6.42 Å². The standard InChI is InChI=1S/C20H24N4O2S/c1-4-15-7-6-8-17(11-15)24-18(25)12-22-19(21-5-2)23-14-20(3,26)16-9-10-27-13-16/h1,6-11,13,26H,5,12,14H2,2-3H3,(H,24,25)(H2,21,22,23). The topological polar surface area (TPSA) is 85.8 Å². The molecule has 2 rings (SSSR count). The third-order valence-electron chi connectivity index (χ3n) is 3.78. The molecule has 0 radical (unpaired) electrons. The summed E-state index contributed by atoms with van der Waals surface area (Å²) < 4.78 is 0. The van der Waals surface area contributed by atoms with E-state index in [1.54, 1.807) is 31.2 Å². The van der Waals surface area contributed by atoms with Gasteiger partial charge in [0.05, 0.1) is 6.54 Å². The number of guanidine groups is 1. The number of nitrogens with one attached hydrogen (secondary N) is 3. The first kappa shape index (κ1) is 20.5. The summed E-state index contributed by atoms with van der Waals surface area (Å²) in [5.74, 6) is 2.73. The van der Waals surface area contributed by atoms with Crippen LogP contribution < -0.4 is 16.0 Å². The van der Waals surface area contributed by atoms with Crippen molar-refractivity contribution < 1.29 is 9.90 Å². The highest BCUT2D eigenvalue weighted by molar-refractivity contribution is 7.08. The lowest BCUT2D eigenvalue weighted by molar-refractivity contribution is -0.114. The molecule has 0 spiro atoms. The van der Waals surface area contributed by atoms with E-state index in [2.05, 4.69) is 26.9 Å². The van der Waals surface area contributed by atoms with E-state index in [0.29, 0.717) is 23.8 Å². The van der Waals surface area contributed by atoms with Gasteiger partial charge in [-0.2, -0.15) is 11.3 Å². The lowest BCUT2D eigenvalue weighted by Crippen LogP contribution is -2.44. The summed E-state index contributed by atoms with van der Waals surface area (Å²) in [5.41, 5.74) is 1.13. The minimum absolute atomic E-state index is 0.0593. The van der Waals surface area contributed by atoms with E-state index < -0.39 is 5.60 Å². The molecule has 0 aliphatic rings. The van der Waals surface area contributed by atoms with Crippen LogP contribution in [0.15, 0.2) is 46.1 Å². The van der Waals surface area contributed by atoms with Gasteiger partial charge < -0.3 is 21.1 Å². The van der Waals surface area contributed by atoms with Crippen molar-refractivity contribution >= 4 is 28.9 Å². The Morgan fingerprint density at radius 3 is 2.85 bits per heavy atom. The molecule has 0 bridgehead atoms. The SMILES string of the molecule is C#Cc1cccc(NC(=O)CN=C(NCC)NCC(C)(O)c2ccsc2)c1. The number of hydrogen-bond acceptors (Lipinski definition) is 4. The van der Waals surface area contributed by atoms with Crippen molar-refractivity contribution in [2.75, 3.05) is 25.0 Å². The largest absolute Gasteiger partial charge is 0.384 e. The lowest BCUT2D eigenvalue weighted by Gasteiger charge is -2.24. The summed E-state index contributed by atoms with van der Waals surface area (Å²) in [6.07, 6.45) is 5.36. The summed E-state index contributed by atoms with van der Waals surface area (Å²) in [6, 6.07) is 8.95. The van der Waals surface area contributed by atoms with Crippen LogP contribution in [-0.4, -0.2) is 36.6 Å². The zero-order valence-corrected chi connectivity index (χ0v) is 16.3. The number of rotatable bonds is 7. The van der Waals surface area contributed by atoms with Gasteiger partial charge in [-0.05, 0) is 54.4 Å². The first-order chi connectivity index (χ1) is 12.9. The number of aliphatic imine (C=N–C) groups is 1. The summed E-state index contributed by atoms with van der Waals surface area (Å²) in [7, 11) is 0. The van der Waals surface area contributed by atoms with Crippen LogP contribution in [0.3, 0.4) is 0 Å². The second-order valence-corrected chi connectivity index (χ2v) is 6.89. The van der Waals surface area contributed by atoms with Crippen molar-refractivity contribution in [3.05, 3.63) is 52.2 Å². The molecule has 7 heteroatoms. The van der Waals surface area contributed by atoms with Crippen LogP contribution in [0, 0.1) is 12.3 Å². The maximum absolute atomic E-state index is 12.1. The molecule has 6 nitrogen and oxygen atoms in total. The summed E-state index contributed by atoms with van der Waals surface area (Å²) >= 11 is 1.53. The number of terminal acetylenes is 1. The average molecular weight is 385 g/mol. The Morgan fingerprint density at radius 1 is 1.37 bits per heavy atom. The van der Waals surface area contributed by atoms with Crippen LogP contribution >= 0.6 is 11.3 Å². The number of benzene rings is 1. The van der Waals surface area contributed by atoms with Gasteiger partial charge in [0.2, 0.25) is 5.91 Å². The van der Waals surface area contributed by atoms with Gasteiger partial charge in [0.1, 0.15) is 12.1 Å². The fourth-order valence-electron chi connectivity index (χ4n) is 2.31. The highest BCUT2D eigenvalue weighted by Gasteiger charge is 2.23. The Kier molecular flexibility index (Phi) is 7.41. The second kappa shape index (κ2) is 9.76. The van der Waals surface area contributed by atoms with E-state index >= 15 is 0 Å².